The maximum Gasteiger partial charge on any atom is 0.253 e. The third-order valence-corrected chi connectivity index (χ3v) is 4.72. The molecule has 0 radical (unpaired) electrons. The molecule has 1 spiro atoms. The van der Waals surface area contributed by atoms with Crippen molar-refractivity contribution in [3.63, 3.8) is 0 Å². The summed E-state index contributed by atoms with van der Waals surface area (Å²) < 4.78 is 6.19. The number of carbonyl (C=O) groups is 2. The van der Waals surface area contributed by atoms with E-state index in [1.807, 2.05) is 12.1 Å². The predicted molar refractivity (Wildman–Crippen MR) is 82.4 cm³/mol. The lowest BCUT2D eigenvalue weighted by Gasteiger charge is -2.40. The van der Waals surface area contributed by atoms with Crippen molar-refractivity contribution in [1.29, 1.82) is 0 Å². The van der Waals surface area contributed by atoms with Gasteiger partial charge in [-0.2, -0.15) is 0 Å². The average Bonchev–Trinajstić information content (AvgIpc) is 2.92. The smallest absolute Gasteiger partial charge is 0.253 e. The van der Waals surface area contributed by atoms with Crippen LogP contribution in [0.5, 0.6) is 5.75 Å². The number of hydrogen-bond acceptors (Lipinski definition) is 3. The van der Waals surface area contributed by atoms with Crippen molar-refractivity contribution in [2.24, 2.45) is 0 Å². The van der Waals surface area contributed by atoms with Gasteiger partial charge in [0, 0.05) is 4.47 Å². The van der Waals surface area contributed by atoms with Gasteiger partial charge in [-0.15, -0.1) is 0 Å². The minimum absolute atomic E-state index is 0.0315. The molecule has 1 heterocycles. The van der Waals surface area contributed by atoms with E-state index in [0.717, 1.165) is 17.3 Å². The van der Waals surface area contributed by atoms with Gasteiger partial charge in [-0.1, -0.05) is 28.8 Å². The van der Waals surface area contributed by atoms with Gasteiger partial charge < -0.3 is 10.1 Å². The number of hydrogen-bond donors (Lipinski definition) is 1. The van der Waals surface area contributed by atoms with E-state index in [1.165, 1.54) is 0 Å². The Morgan fingerprint density at radius 2 is 2.00 bits per heavy atom. The van der Waals surface area contributed by atoms with Gasteiger partial charge >= 0.3 is 0 Å². The van der Waals surface area contributed by atoms with Gasteiger partial charge in [0.15, 0.2) is 0 Å². The quantitative estimate of drug-likeness (QED) is 0.887. The monoisotopic (exact) mass is 352 g/mol. The van der Waals surface area contributed by atoms with E-state index in [4.69, 9.17) is 4.74 Å². The molecular weight excluding hydrogens is 336 g/mol. The van der Waals surface area contributed by atoms with Crippen LogP contribution in [-0.2, 0) is 9.59 Å². The average molecular weight is 353 g/mol. The third-order valence-electron chi connectivity index (χ3n) is 4.22. The summed E-state index contributed by atoms with van der Waals surface area (Å²) in [6, 6.07) is 5.46. The van der Waals surface area contributed by atoms with Gasteiger partial charge in [-0.25, -0.2) is 0 Å². The molecule has 0 bridgehead atoms. The Morgan fingerprint density at radius 3 is 2.67 bits per heavy atom. The maximum absolute atomic E-state index is 12.9. The Kier molecular flexibility index (Phi) is 3.65. The van der Waals surface area contributed by atoms with Crippen LogP contribution >= 0.6 is 15.9 Å². The van der Waals surface area contributed by atoms with E-state index in [1.54, 1.807) is 18.1 Å². The van der Waals surface area contributed by atoms with Gasteiger partial charge in [-0.05, 0) is 31.0 Å². The maximum atomic E-state index is 12.9. The Hall–Kier alpha value is -1.56. The van der Waals surface area contributed by atoms with Gasteiger partial charge in [0.05, 0.1) is 12.8 Å². The molecular formula is C15H17BrN2O3. The number of rotatable bonds is 2. The van der Waals surface area contributed by atoms with E-state index in [2.05, 4.69) is 21.2 Å². The summed E-state index contributed by atoms with van der Waals surface area (Å²) in [4.78, 5) is 26.5. The predicted octanol–water partition coefficient (Wildman–Crippen LogP) is 2.23. The van der Waals surface area contributed by atoms with Crippen molar-refractivity contribution in [2.75, 3.05) is 18.6 Å². The first kappa shape index (κ1) is 14.4. The molecule has 3 rings (SSSR count). The summed E-state index contributed by atoms with van der Waals surface area (Å²) in [6.07, 6.45) is 3.36. The van der Waals surface area contributed by atoms with Crippen molar-refractivity contribution >= 4 is 33.4 Å². The molecule has 1 aromatic rings. The molecule has 1 aliphatic heterocycles. The Bertz CT molecular complexity index is 597. The van der Waals surface area contributed by atoms with Crippen molar-refractivity contribution in [2.45, 2.75) is 31.2 Å². The molecule has 2 fully saturated rings. The van der Waals surface area contributed by atoms with E-state index in [0.29, 0.717) is 24.3 Å². The molecule has 2 aliphatic rings. The molecule has 0 unspecified atom stereocenters. The molecule has 1 saturated carbocycles. The highest BCUT2D eigenvalue weighted by atomic mass is 79.9. The van der Waals surface area contributed by atoms with E-state index in [9.17, 15) is 9.59 Å². The fraction of sp³-hybridized carbons (Fsp3) is 0.467. The second-order valence-corrected chi connectivity index (χ2v) is 6.46. The second-order valence-electron chi connectivity index (χ2n) is 5.54. The minimum atomic E-state index is -0.720. The number of anilines is 1. The number of nitrogens with one attached hydrogen (secondary N) is 1. The number of methoxy groups -OCH3 is 1. The highest BCUT2D eigenvalue weighted by Crippen LogP contribution is 2.38. The molecule has 1 aromatic carbocycles. The van der Waals surface area contributed by atoms with Gasteiger partial charge in [0.1, 0.15) is 17.8 Å². The Balaban J connectivity index is 2.03. The zero-order valence-corrected chi connectivity index (χ0v) is 13.4. The number of ether oxygens (including phenoxy) is 1. The van der Waals surface area contributed by atoms with Crippen LogP contribution in [0.2, 0.25) is 0 Å². The van der Waals surface area contributed by atoms with Crippen LogP contribution in [0, 0.1) is 0 Å². The van der Waals surface area contributed by atoms with E-state index in [-0.39, 0.29) is 18.4 Å². The van der Waals surface area contributed by atoms with Gasteiger partial charge in [-0.3, -0.25) is 14.5 Å². The van der Waals surface area contributed by atoms with Crippen LogP contribution < -0.4 is 15.0 Å². The zero-order valence-electron chi connectivity index (χ0n) is 11.8. The molecule has 6 heteroatoms. The van der Waals surface area contributed by atoms with E-state index >= 15 is 0 Å². The largest absolute Gasteiger partial charge is 0.495 e. The first-order chi connectivity index (χ1) is 10.1. The molecule has 21 heavy (non-hydrogen) atoms. The molecule has 5 nitrogen and oxygen atoms in total. The normalized spacial score (nSPS) is 20.8. The van der Waals surface area contributed by atoms with Gasteiger partial charge in [0.2, 0.25) is 5.91 Å². The lowest BCUT2D eigenvalue weighted by Crippen LogP contribution is -2.65. The standard InChI is InChI=1S/C15H17BrN2O3/c1-21-12-5-4-10(16)8-11(12)18-9-13(19)17-15(14(18)20)6-2-3-7-15/h4-5,8H,2-3,6-7,9H2,1H3,(H,17,19). The van der Waals surface area contributed by atoms with Crippen LogP contribution in [0.1, 0.15) is 25.7 Å². The molecule has 1 N–H and O–H groups in total. The van der Waals surface area contributed by atoms with Gasteiger partial charge in [0.25, 0.3) is 5.91 Å². The summed E-state index contributed by atoms with van der Waals surface area (Å²) in [5, 5.41) is 2.91. The first-order valence-electron chi connectivity index (χ1n) is 7.02. The third kappa shape index (κ3) is 2.41. The van der Waals surface area contributed by atoms with E-state index < -0.39 is 5.54 Å². The highest BCUT2D eigenvalue weighted by molar-refractivity contribution is 9.10. The minimum Gasteiger partial charge on any atom is -0.495 e. The van der Waals surface area contributed by atoms with Crippen LogP contribution in [0.4, 0.5) is 5.69 Å². The number of carbonyl (C=O) groups excluding carboxylic acids is 2. The summed E-state index contributed by atoms with van der Waals surface area (Å²) in [5.41, 5.74) is -0.0825. The topological polar surface area (TPSA) is 58.6 Å². The molecule has 112 valence electrons. The SMILES string of the molecule is COc1ccc(Br)cc1N1CC(=O)NC2(CCCC2)C1=O. The zero-order chi connectivity index (χ0) is 15.0. The number of nitrogens with zero attached hydrogens (tertiary/aromatic N) is 1. The first-order valence-corrected chi connectivity index (χ1v) is 7.81. The van der Waals surface area contributed by atoms with Crippen molar-refractivity contribution < 1.29 is 14.3 Å². The fourth-order valence-electron chi connectivity index (χ4n) is 3.22. The number of halogens is 1. The highest BCUT2D eigenvalue weighted by Gasteiger charge is 2.49. The Morgan fingerprint density at radius 1 is 1.29 bits per heavy atom. The van der Waals surface area contributed by atoms with Crippen molar-refractivity contribution in [3.8, 4) is 5.75 Å². The molecule has 2 amide bonds. The lowest BCUT2D eigenvalue weighted by atomic mass is 9.92. The number of amides is 2. The number of benzene rings is 1. The summed E-state index contributed by atoms with van der Waals surface area (Å²) >= 11 is 3.41. The van der Waals surface area contributed by atoms with Crippen LogP contribution in [0.25, 0.3) is 0 Å². The molecule has 1 aliphatic carbocycles. The van der Waals surface area contributed by atoms with Crippen LogP contribution in [0.15, 0.2) is 22.7 Å². The summed E-state index contributed by atoms with van der Waals surface area (Å²) in [5.74, 6) is 0.448. The van der Waals surface area contributed by atoms with Crippen molar-refractivity contribution in [3.05, 3.63) is 22.7 Å². The Labute approximate surface area is 131 Å². The summed E-state index contributed by atoms with van der Waals surface area (Å²) in [6.45, 7) is 0.0351. The molecule has 1 saturated heterocycles. The number of piperazine rings is 1. The fourth-order valence-corrected chi connectivity index (χ4v) is 3.57. The summed E-state index contributed by atoms with van der Waals surface area (Å²) in [7, 11) is 1.56. The van der Waals surface area contributed by atoms with Crippen LogP contribution in [0.3, 0.4) is 0 Å². The van der Waals surface area contributed by atoms with Crippen molar-refractivity contribution in [1.82, 2.24) is 5.32 Å². The lowest BCUT2D eigenvalue weighted by molar-refractivity contribution is -0.135. The second kappa shape index (κ2) is 5.33. The molecule has 0 atom stereocenters. The van der Waals surface area contributed by atoms with Crippen LogP contribution in [-0.4, -0.2) is 31.0 Å². The molecule has 0 aromatic heterocycles.